The molecular weight excluding hydrogens is 325 g/mol. The molecule has 2 bridgehead atoms. The van der Waals surface area contributed by atoms with Gasteiger partial charge in [0, 0.05) is 5.41 Å². The van der Waals surface area contributed by atoms with Crippen LogP contribution in [-0.4, -0.2) is 28.8 Å². The third-order valence-electron chi connectivity index (χ3n) is 5.36. The molecule has 1 aromatic carbocycles. The van der Waals surface area contributed by atoms with E-state index in [0.29, 0.717) is 19.3 Å². The maximum absolute atomic E-state index is 13.6. The van der Waals surface area contributed by atoms with Gasteiger partial charge < -0.3 is 15.2 Å². The minimum atomic E-state index is -1.06. The fraction of sp³-hybridized carbons (Fsp3) is 0.579. The number of nitrogens with one attached hydrogen (secondary N) is 1. The van der Waals surface area contributed by atoms with Crippen LogP contribution in [0.15, 0.2) is 18.2 Å². The van der Waals surface area contributed by atoms with Crippen molar-refractivity contribution < 1.29 is 23.8 Å². The normalized spacial score (nSPS) is 28.4. The van der Waals surface area contributed by atoms with Crippen LogP contribution in [0.4, 0.5) is 9.18 Å². The van der Waals surface area contributed by atoms with Gasteiger partial charge in [0.1, 0.15) is 17.5 Å². The summed E-state index contributed by atoms with van der Waals surface area (Å²) in [6.45, 7) is 7.12. The molecule has 4 rings (SSSR count). The van der Waals surface area contributed by atoms with E-state index in [9.17, 15) is 19.1 Å². The molecule has 5 nitrogen and oxygen atoms in total. The number of ether oxygens (including phenoxy) is 1. The molecule has 1 aromatic rings. The van der Waals surface area contributed by atoms with Crippen molar-refractivity contribution in [3.8, 4) is 0 Å². The SMILES string of the molecule is Cc1ccc(F)cc1C12CC(C(NC(=O)OC(C)(C)C)C(=O)O)(C1)C2. The Bertz CT molecular complexity index is 718. The number of carbonyl (C=O) groups excluding carboxylic acids is 1. The van der Waals surface area contributed by atoms with E-state index in [1.54, 1.807) is 32.9 Å². The number of carboxylic acids is 1. The number of aliphatic carboxylic acids is 1. The second-order valence-corrected chi connectivity index (χ2v) is 8.55. The number of alkyl carbamates (subject to hydrolysis) is 1. The molecule has 2 N–H and O–H groups in total. The van der Waals surface area contributed by atoms with E-state index in [1.165, 1.54) is 6.07 Å². The highest BCUT2D eigenvalue weighted by molar-refractivity contribution is 5.82. The number of amides is 1. The molecule has 1 amide bonds. The van der Waals surface area contributed by atoms with E-state index in [0.717, 1.165) is 11.1 Å². The van der Waals surface area contributed by atoms with Crippen molar-refractivity contribution in [2.45, 2.75) is 64.0 Å². The van der Waals surface area contributed by atoms with Crippen molar-refractivity contribution in [1.82, 2.24) is 5.32 Å². The molecule has 3 fully saturated rings. The molecular formula is C19H24FNO4. The number of benzene rings is 1. The van der Waals surface area contributed by atoms with Crippen LogP contribution in [0, 0.1) is 18.2 Å². The van der Waals surface area contributed by atoms with Gasteiger partial charge in [-0.05, 0) is 75.6 Å². The van der Waals surface area contributed by atoms with Gasteiger partial charge in [-0.3, -0.25) is 0 Å². The Labute approximate surface area is 146 Å². The number of carboxylic acid groups (broad SMARTS) is 1. The topological polar surface area (TPSA) is 75.6 Å². The molecule has 0 aliphatic heterocycles. The highest BCUT2D eigenvalue weighted by Crippen LogP contribution is 2.75. The van der Waals surface area contributed by atoms with Gasteiger partial charge >= 0.3 is 12.1 Å². The van der Waals surface area contributed by atoms with E-state index < -0.39 is 29.1 Å². The molecule has 0 radical (unpaired) electrons. The quantitative estimate of drug-likeness (QED) is 0.872. The van der Waals surface area contributed by atoms with Crippen LogP contribution in [0.25, 0.3) is 0 Å². The predicted octanol–water partition coefficient (Wildman–Crippen LogP) is 3.53. The minimum absolute atomic E-state index is 0.157. The van der Waals surface area contributed by atoms with Crippen LogP contribution >= 0.6 is 0 Å². The lowest BCUT2D eigenvalue weighted by molar-refractivity contribution is -0.183. The standard InChI is InChI=1S/C19H24FNO4/c1-11-5-6-12(20)7-13(11)18-8-19(9-18,10-18)14(15(22)23)21-16(24)25-17(2,3)4/h5-7,14H,8-10H2,1-4H3,(H,21,24)(H,22,23). The Kier molecular flexibility index (Phi) is 3.86. The molecule has 136 valence electrons. The van der Waals surface area contributed by atoms with Gasteiger partial charge in [-0.2, -0.15) is 0 Å². The van der Waals surface area contributed by atoms with Crippen LogP contribution in [-0.2, 0) is 14.9 Å². The minimum Gasteiger partial charge on any atom is -0.480 e. The zero-order valence-corrected chi connectivity index (χ0v) is 15.0. The molecule has 6 heteroatoms. The molecule has 3 aliphatic carbocycles. The van der Waals surface area contributed by atoms with Gasteiger partial charge in [0.2, 0.25) is 0 Å². The molecule has 0 heterocycles. The van der Waals surface area contributed by atoms with Gasteiger partial charge in [0.15, 0.2) is 0 Å². The predicted molar refractivity (Wildman–Crippen MR) is 89.9 cm³/mol. The van der Waals surface area contributed by atoms with E-state index in [4.69, 9.17) is 4.74 Å². The summed E-state index contributed by atoms with van der Waals surface area (Å²) in [6.07, 6.45) is 1.19. The summed E-state index contributed by atoms with van der Waals surface area (Å²) >= 11 is 0. The molecule has 0 aromatic heterocycles. The van der Waals surface area contributed by atoms with Gasteiger partial charge in [0.25, 0.3) is 0 Å². The summed E-state index contributed by atoms with van der Waals surface area (Å²) in [5.74, 6) is -1.34. The first-order chi connectivity index (χ1) is 11.5. The van der Waals surface area contributed by atoms with Crippen LogP contribution in [0.5, 0.6) is 0 Å². The fourth-order valence-electron chi connectivity index (χ4n) is 4.53. The summed E-state index contributed by atoms with van der Waals surface area (Å²) in [4.78, 5) is 23.7. The number of hydrogen-bond acceptors (Lipinski definition) is 3. The molecule has 0 spiro atoms. The Morgan fingerprint density at radius 3 is 2.40 bits per heavy atom. The monoisotopic (exact) mass is 349 g/mol. The highest BCUT2D eigenvalue weighted by Gasteiger charge is 2.72. The second kappa shape index (κ2) is 5.44. The smallest absolute Gasteiger partial charge is 0.408 e. The van der Waals surface area contributed by atoms with E-state index in [-0.39, 0.29) is 11.2 Å². The Balaban J connectivity index is 1.72. The van der Waals surface area contributed by atoms with Crippen LogP contribution < -0.4 is 5.32 Å². The van der Waals surface area contributed by atoms with Gasteiger partial charge in [-0.25, -0.2) is 14.0 Å². The summed E-state index contributed by atoms with van der Waals surface area (Å²) in [6, 6.07) is 3.75. The van der Waals surface area contributed by atoms with Crippen LogP contribution in [0.1, 0.15) is 51.2 Å². The zero-order chi connectivity index (χ0) is 18.6. The summed E-state index contributed by atoms with van der Waals surface area (Å²) in [5.41, 5.74) is 0.654. The number of rotatable bonds is 4. The Morgan fingerprint density at radius 2 is 1.88 bits per heavy atom. The first-order valence-electron chi connectivity index (χ1n) is 8.45. The summed E-state index contributed by atoms with van der Waals surface area (Å²) < 4.78 is 18.8. The van der Waals surface area contributed by atoms with Crippen molar-refractivity contribution in [1.29, 1.82) is 0 Å². The molecule has 25 heavy (non-hydrogen) atoms. The van der Waals surface area contributed by atoms with Gasteiger partial charge in [-0.15, -0.1) is 0 Å². The third-order valence-corrected chi connectivity index (χ3v) is 5.36. The maximum Gasteiger partial charge on any atom is 0.408 e. The molecule has 3 aliphatic rings. The average molecular weight is 349 g/mol. The largest absolute Gasteiger partial charge is 0.480 e. The fourth-order valence-corrected chi connectivity index (χ4v) is 4.53. The molecule has 3 saturated carbocycles. The van der Waals surface area contributed by atoms with Gasteiger partial charge in [-0.1, -0.05) is 6.07 Å². The number of carbonyl (C=O) groups is 2. The van der Waals surface area contributed by atoms with Crippen LogP contribution in [0.3, 0.4) is 0 Å². The molecule has 0 saturated heterocycles. The first kappa shape index (κ1) is 17.7. The zero-order valence-electron chi connectivity index (χ0n) is 15.0. The molecule has 1 unspecified atom stereocenters. The molecule has 1 atom stereocenters. The average Bonchev–Trinajstić information content (AvgIpc) is 2.36. The van der Waals surface area contributed by atoms with Crippen molar-refractivity contribution >= 4 is 12.1 Å². The number of aryl methyl sites for hydroxylation is 1. The lowest BCUT2D eigenvalue weighted by Crippen LogP contribution is -2.73. The summed E-state index contributed by atoms with van der Waals surface area (Å²) in [5, 5.41) is 12.1. The lowest BCUT2D eigenvalue weighted by Gasteiger charge is -2.72. The van der Waals surface area contributed by atoms with E-state index in [1.807, 2.05) is 6.92 Å². The third kappa shape index (κ3) is 2.98. The first-order valence-corrected chi connectivity index (χ1v) is 8.45. The Morgan fingerprint density at radius 1 is 1.28 bits per heavy atom. The van der Waals surface area contributed by atoms with Crippen molar-refractivity contribution in [2.75, 3.05) is 0 Å². The van der Waals surface area contributed by atoms with Crippen molar-refractivity contribution in [2.24, 2.45) is 5.41 Å². The number of halogens is 1. The van der Waals surface area contributed by atoms with Crippen LogP contribution in [0.2, 0.25) is 0 Å². The maximum atomic E-state index is 13.6. The number of hydrogen-bond donors (Lipinski definition) is 2. The highest BCUT2D eigenvalue weighted by atomic mass is 19.1. The van der Waals surface area contributed by atoms with Crippen molar-refractivity contribution in [3.63, 3.8) is 0 Å². The Hall–Kier alpha value is -2.11. The van der Waals surface area contributed by atoms with E-state index in [2.05, 4.69) is 5.32 Å². The van der Waals surface area contributed by atoms with Crippen molar-refractivity contribution in [3.05, 3.63) is 35.1 Å². The van der Waals surface area contributed by atoms with Gasteiger partial charge in [0.05, 0.1) is 0 Å². The van der Waals surface area contributed by atoms with E-state index >= 15 is 0 Å². The lowest BCUT2D eigenvalue weighted by atomic mass is 9.31. The summed E-state index contributed by atoms with van der Waals surface area (Å²) in [7, 11) is 0. The second-order valence-electron chi connectivity index (χ2n) is 8.55.